The van der Waals surface area contributed by atoms with Crippen LogP contribution in [0.15, 0.2) is 41.2 Å². The fourth-order valence-corrected chi connectivity index (χ4v) is 3.03. The molecule has 0 aliphatic rings. The van der Waals surface area contributed by atoms with Gasteiger partial charge in [-0.05, 0) is 77.4 Å². The van der Waals surface area contributed by atoms with Gasteiger partial charge in [0.1, 0.15) is 0 Å². The van der Waals surface area contributed by atoms with E-state index in [1.807, 2.05) is 50.2 Å². The zero-order valence-corrected chi connectivity index (χ0v) is 15.1. The summed E-state index contributed by atoms with van der Waals surface area (Å²) in [4.78, 5) is 15.2. The van der Waals surface area contributed by atoms with Crippen LogP contribution in [0.1, 0.15) is 16.7 Å². The highest BCUT2D eigenvalue weighted by molar-refractivity contribution is 14.1. The number of halogens is 1. The van der Waals surface area contributed by atoms with Crippen molar-refractivity contribution >= 4 is 22.6 Å². The molecule has 1 aromatic heterocycles. The summed E-state index contributed by atoms with van der Waals surface area (Å²) in [6.07, 6.45) is 0. The van der Waals surface area contributed by atoms with Gasteiger partial charge in [0.05, 0.1) is 5.69 Å². The van der Waals surface area contributed by atoms with Gasteiger partial charge in [-0.1, -0.05) is 12.1 Å². The SMILES string of the molecule is Cc1ccc(CN)c(C)c1-c1nn(-c2ccc(I)cc2)c(=O)[nH]1. The standard InChI is InChI=1S/C17H17IN4O/c1-10-3-4-12(9-19)11(2)15(10)16-20-17(23)22(21-16)14-7-5-13(18)6-8-14/h3-8H,9,19H2,1-2H3,(H,20,21,23). The topological polar surface area (TPSA) is 76.7 Å². The largest absolute Gasteiger partial charge is 0.348 e. The lowest BCUT2D eigenvalue weighted by Crippen LogP contribution is -2.15. The Morgan fingerprint density at radius 1 is 1.17 bits per heavy atom. The predicted molar refractivity (Wildman–Crippen MR) is 99.7 cm³/mol. The average molecular weight is 420 g/mol. The van der Waals surface area contributed by atoms with Gasteiger partial charge in [-0.3, -0.25) is 4.98 Å². The molecule has 3 rings (SSSR count). The van der Waals surface area contributed by atoms with E-state index in [0.29, 0.717) is 12.4 Å². The Kier molecular flexibility index (Phi) is 4.36. The van der Waals surface area contributed by atoms with Crippen LogP contribution in [0, 0.1) is 17.4 Å². The van der Waals surface area contributed by atoms with E-state index in [2.05, 4.69) is 32.7 Å². The van der Waals surface area contributed by atoms with Gasteiger partial charge in [0.15, 0.2) is 5.82 Å². The van der Waals surface area contributed by atoms with Gasteiger partial charge in [0.25, 0.3) is 0 Å². The van der Waals surface area contributed by atoms with Crippen molar-refractivity contribution in [2.75, 3.05) is 0 Å². The second-order valence-electron chi connectivity index (χ2n) is 5.41. The summed E-state index contributed by atoms with van der Waals surface area (Å²) in [5.74, 6) is 0.568. The minimum Gasteiger partial charge on any atom is -0.326 e. The van der Waals surface area contributed by atoms with Gasteiger partial charge in [0, 0.05) is 15.7 Å². The number of nitrogens with zero attached hydrogens (tertiary/aromatic N) is 2. The van der Waals surface area contributed by atoms with E-state index in [1.165, 1.54) is 4.68 Å². The summed E-state index contributed by atoms with van der Waals surface area (Å²) in [5, 5.41) is 4.48. The first kappa shape index (κ1) is 15.9. The molecule has 1 heterocycles. The first-order valence-corrected chi connectivity index (χ1v) is 8.34. The second kappa shape index (κ2) is 6.29. The highest BCUT2D eigenvalue weighted by Crippen LogP contribution is 2.26. The van der Waals surface area contributed by atoms with Crippen molar-refractivity contribution in [3.05, 3.63) is 67.1 Å². The third-order valence-corrected chi connectivity index (χ3v) is 4.65. The van der Waals surface area contributed by atoms with Crippen molar-refractivity contribution < 1.29 is 0 Å². The zero-order valence-electron chi connectivity index (χ0n) is 12.9. The quantitative estimate of drug-likeness (QED) is 0.640. The molecule has 0 amide bonds. The van der Waals surface area contributed by atoms with Crippen LogP contribution in [0.2, 0.25) is 0 Å². The number of hydrogen-bond acceptors (Lipinski definition) is 3. The zero-order chi connectivity index (χ0) is 16.6. The molecule has 0 saturated carbocycles. The van der Waals surface area contributed by atoms with Crippen LogP contribution in [-0.4, -0.2) is 14.8 Å². The number of nitrogens with two attached hydrogens (primary N) is 1. The summed E-state index contributed by atoms with van der Waals surface area (Å²) >= 11 is 2.23. The number of H-pyrrole nitrogens is 1. The van der Waals surface area contributed by atoms with E-state index in [4.69, 9.17) is 5.73 Å². The van der Waals surface area contributed by atoms with Crippen LogP contribution >= 0.6 is 22.6 Å². The van der Waals surface area contributed by atoms with Crippen LogP contribution in [0.25, 0.3) is 17.1 Å². The van der Waals surface area contributed by atoms with Crippen LogP contribution in [0.3, 0.4) is 0 Å². The molecule has 0 saturated heterocycles. The Bertz CT molecular complexity index is 909. The Morgan fingerprint density at radius 3 is 2.52 bits per heavy atom. The Morgan fingerprint density at radius 2 is 1.87 bits per heavy atom. The van der Waals surface area contributed by atoms with Crippen molar-refractivity contribution in [1.82, 2.24) is 14.8 Å². The summed E-state index contributed by atoms with van der Waals surface area (Å²) in [7, 11) is 0. The molecule has 0 unspecified atom stereocenters. The van der Waals surface area contributed by atoms with Crippen LogP contribution in [-0.2, 0) is 6.54 Å². The molecular formula is C17H17IN4O. The number of hydrogen-bond donors (Lipinski definition) is 2. The molecule has 0 aliphatic heterocycles. The summed E-state index contributed by atoms with van der Waals surface area (Å²) < 4.78 is 2.50. The molecule has 0 spiro atoms. The van der Waals surface area contributed by atoms with Gasteiger partial charge in [-0.25, -0.2) is 4.79 Å². The summed E-state index contributed by atoms with van der Waals surface area (Å²) in [6.45, 7) is 4.47. The Hall–Kier alpha value is -1.93. The number of rotatable bonds is 3. The minimum absolute atomic E-state index is 0.252. The number of benzene rings is 2. The normalized spacial score (nSPS) is 11.0. The maximum atomic E-state index is 12.3. The first-order chi connectivity index (χ1) is 11.0. The van der Waals surface area contributed by atoms with Gasteiger partial charge < -0.3 is 5.73 Å². The van der Waals surface area contributed by atoms with Gasteiger partial charge in [-0.15, -0.1) is 5.10 Å². The third-order valence-electron chi connectivity index (χ3n) is 3.93. The average Bonchev–Trinajstić information content (AvgIpc) is 2.90. The number of aromatic amines is 1. The summed E-state index contributed by atoms with van der Waals surface area (Å²) in [6, 6.07) is 11.7. The molecule has 6 heteroatoms. The van der Waals surface area contributed by atoms with Crippen molar-refractivity contribution in [3.8, 4) is 17.1 Å². The second-order valence-corrected chi connectivity index (χ2v) is 6.66. The molecule has 0 atom stereocenters. The smallest absolute Gasteiger partial charge is 0.326 e. The lowest BCUT2D eigenvalue weighted by Gasteiger charge is -2.11. The molecule has 23 heavy (non-hydrogen) atoms. The molecule has 3 N–H and O–H groups in total. The fourth-order valence-electron chi connectivity index (χ4n) is 2.67. The maximum absolute atomic E-state index is 12.3. The molecule has 0 aliphatic carbocycles. The minimum atomic E-state index is -0.252. The Balaban J connectivity index is 2.15. The van der Waals surface area contributed by atoms with Gasteiger partial charge in [0.2, 0.25) is 0 Å². The lowest BCUT2D eigenvalue weighted by molar-refractivity contribution is 0.844. The van der Waals surface area contributed by atoms with Crippen molar-refractivity contribution in [2.24, 2.45) is 5.73 Å². The molecule has 2 aromatic carbocycles. The lowest BCUT2D eigenvalue weighted by atomic mass is 9.97. The van der Waals surface area contributed by atoms with E-state index >= 15 is 0 Å². The third kappa shape index (κ3) is 2.96. The molecule has 5 nitrogen and oxygen atoms in total. The van der Waals surface area contributed by atoms with E-state index < -0.39 is 0 Å². The Labute approximate surface area is 147 Å². The van der Waals surface area contributed by atoms with Gasteiger partial charge in [-0.2, -0.15) is 4.68 Å². The van der Waals surface area contributed by atoms with Crippen LogP contribution < -0.4 is 11.4 Å². The van der Waals surface area contributed by atoms with Crippen molar-refractivity contribution in [1.29, 1.82) is 0 Å². The van der Waals surface area contributed by atoms with Gasteiger partial charge >= 0.3 is 5.69 Å². The molecule has 3 aromatic rings. The van der Waals surface area contributed by atoms with E-state index in [1.54, 1.807) is 0 Å². The number of nitrogens with one attached hydrogen (secondary N) is 1. The highest BCUT2D eigenvalue weighted by atomic mass is 127. The monoisotopic (exact) mass is 420 g/mol. The molecular weight excluding hydrogens is 403 g/mol. The van der Waals surface area contributed by atoms with Crippen LogP contribution in [0.5, 0.6) is 0 Å². The van der Waals surface area contributed by atoms with Crippen molar-refractivity contribution in [2.45, 2.75) is 20.4 Å². The number of aromatic nitrogens is 3. The van der Waals surface area contributed by atoms with Crippen LogP contribution in [0.4, 0.5) is 0 Å². The fraction of sp³-hybridized carbons (Fsp3) is 0.176. The van der Waals surface area contributed by atoms with E-state index in [-0.39, 0.29) is 5.69 Å². The summed E-state index contributed by atoms with van der Waals surface area (Å²) in [5.41, 5.74) is 10.4. The maximum Gasteiger partial charge on any atom is 0.348 e. The first-order valence-electron chi connectivity index (χ1n) is 7.26. The predicted octanol–water partition coefficient (Wildman–Crippen LogP) is 2.91. The molecule has 118 valence electrons. The van der Waals surface area contributed by atoms with Crippen molar-refractivity contribution in [3.63, 3.8) is 0 Å². The highest BCUT2D eigenvalue weighted by Gasteiger charge is 2.15. The molecule has 0 radical (unpaired) electrons. The molecule has 0 fully saturated rings. The number of aryl methyl sites for hydroxylation is 1. The van der Waals surface area contributed by atoms with E-state index in [0.717, 1.165) is 31.5 Å². The van der Waals surface area contributed by atoms with E-state index in [9.17, 15) is 4.79 Å². The molecule has 0 bridgehead atoms.